The predicted molar refractivity (Wildman–Crippen MR) is 126 cm³/mol. The second kappa shape index (κ2) is 8.65. The maximum absolute atomic E-state index is 14.1. The van der Waals surface area contributed by atoms with Gasteiger partial charge in [-0.1, -0.05) is 84.9 Å². The van der Waals surface area contributed by atoms with Gasteiger partial charge >= 0.3 is 0 Å². The van der Waals surface area contributed by atoms with E-state index in [-0.39, 0.29) is 5.91 Å². The van der Waals surface area contributed by atoms with E-state index in [4.69, 9.17) is 4.74 Å². The number of carbonyl (C=O) groups is 1. The summed E-state index contributed by atoms with van der Waals surface area (Å²) in [4.78, 5) is 16.0. The van der Waals surface area contributed by atoms with Crippen LogP contribution in [0.5, 0.6) is 5.75 Å². The standard InChI is InChI=1S/C28H27NO2/c1-28(2,22-14-8-5-9-15-22)29(20-21-12-6-4-7-13-21)27(30)25-18-19-26(31-3)24-17-11-10-16-23(24)25/h4-19H,20H2,1-3H3. The van der Waals surface area contributed by atoms with Crippen LogP contribution >= 0.6 is 0 Å². The second-order valence-electron chi connectivity index (χ2n) is 8.16. The summed E-state index contributed by atoms with van der Waals surface area (Å²) in [6.45, 7) is 4.73. The zero-order valence-electron chi connectivity index (χ0n) is 18.2. The highest BCUT2D eigenvalue weighted by Gasteiger charge is 2.34. The summed E-state index contributed by atoms with van der Waals surface area (Å²) in [5.41, 5.74) is 2.36. The molecule has 0 unspecified atom stereocenters. The molecular formula is C28H27NO2. The third-order valence-corrected chi connectivity index (χ3v) is 5.92. The van der Waals surface area contributed by atoms with Gasteiger partial charge in [0, 0.05) is 17.5 Å². The molecule has 0 aromatic heterocycles. The van der Waals surface area contributed by atoms with E-state index in [0.717, 1.165) is 27.6 Å². The van der Waals surface area contributed by atoms with E-state index in [0.29, 0.717) is 12.1 Å². The number of benzene rings is 4. The summed E-state index contributed by atoms with van der Waals surface area (Å²) < 4.78 is 5.53. The van der Waals surface area contributed by atoms with Gasteiger partial charge in [0.1, 0.15) is 5.75 Å². The first kappa shape index (κ1) is 20.7. The molecule has 4 aromatic rings. The average Bonchev–Trinajstić information content (AvgIpc) is 2.82. The highest BCUT2D eigenvalue weighted by molar-refractivity contribution is 6.08. The lowest BCUT2D eigenvalue weighted by Gasteiger charge is -2.39. The molecule has 4 rings (SSSR count). The molecule has 0 radical (unpaired) electrons. The first-order valence-corrected chi connectivity index (χ1v) is 10.5. The van der Waals surface area contributed by atoms with Gasteiger partial charge in [0.2, 0.25) is 0 Å². The van der Waals surface area contributed by atoms with E-state index in [1.807, 2.05) is 77.7 Å². The fraction of sp³-hybridized carbons (Fsp3) is 0.179. The largest absolute Gasteiger partial charge is 0.496 e. The lowest BCUT2D eigenvalue weighted by atomic mass is 9.90. The van der Waals surface area contributed by atoms with Gasteiger partial charge in [-0.3, -0.25) is 4.79 Å². The molecule has 0 N–H and O–H groups in total. The quantitative estimate of drug-likeness (QED) is 0.367. The van der Waals surface area contributed by atoms with E-state index in [1.54, 1.807) is 7.11 Å². The molecule has 0 heterocycles. The molecule has 31 heavy (non-hydrogen) atoms. The number of ether oxygens (including phenoxy) is 1. The molecule has 0 aliphatic carbocycles. The van der Waals surface area contributed by atoms with Crippen molar-refractivity contribution in [3.63, 3.8) is 0 Å². The number of fused-ring (bicyclic) bond motifs is 1. The molecule has 0 spiro atoms. The van der Waals surface area contributed by atoms with Crippen molar-refractivity contribution in [3.05, 3.63) is 114 Å². The Morgan fingerprint density at radius 2 is 1.35 bits per heavy atom. The van der Waals surface area contributed by atoms with Gasteiger partial charge in [0.05, 0.1) is 12.6 Å². The van der Waals surface area contributed by atoms with Crippen LogP contribution in [0.25, 0.3) is 10.8 Å². The van der Waals surface area contributed by atoms with E-state index in [1.165, 1.54) is 0 Å². The summed E-state index contributed by atoms with van der Waals surface area (Å²) >= 11 is 0. The molecule has 0 aliphatic rings. The van der Waals surface area contributed by atoms with E-state index < -0.39 is 5.54 Å². The fourth-order valence-electron chi connectivity index (χ4n) is 4.07. The molecule has 0 bridgehead atoms. The molecule has 0 saturated heterocycles. The molecule has 0 aliphatic heterocycles. The monoisotopic (exact) mass is 409 g/mol. The zero-order valence-corrected chi connectivity index (χ0v) is 18.2. The van der Waals surface area contributed by atoms with Gasteiger partial charge in [0.25, 0.3) is 5.91 Å². The van der Waals surface area contributed by atoms with Crippen LogP contribution in [-0.2, 0) is 12.1 Å². The zero-order chi connectivity index (χ0) is 21.8. The minimum Gasteiger partial charge on any atom is -0.496 e. The summed E-state index contributed by atoms with van der Waals surface area (Å²) in [6.07, 6.45) is 0. The topological polar surface area (TPSA) is 29.5 Å². The SMILES string of the molecule is COc1ccc(C(=O)N(Cc2ccccc2)C(C)(C)c2ccccc2)c2ccccc12. The molecule has 3 heteroatoms. The van der Waals surface area contributed by atoms with Crippen molar-refractivity contribution in [1.82, 2.24) is 4.90 Å². The molecule has 1 amide bonds. The van der Waals surface area contributed by atoms with Crippen molar-refractivity contribution in [1.29, 1.82) is 0 Å². The summed E-state index contributed by atoms with van der Waals surface area (Å²) in [6, 6.07) is 32.0. The van der Waals surface area contributed by atoms with Crippen molar-refractivity contribution in [2.24, 2.45) is 0 Å². The maximum atomic E-state index is 14.1. The number of amides is 1. The third-order valence-electron chi connectivity index (χ3n) is 5.92. The normalized spacial score (nSPS) is 11.3. The van der Waals surface area contributed by atoms with Crippen LogP contribution in [-0.4, -0.2) is 17.9 Å². The van der Waals surface area contributed by atoms with Crippen LogP contribution in [0.2, 0.25) is 0 Å². The van der Waals surface area contributed by atoms with Gasteiger partial charge in [0.15, 0.2) is 0 Å². The van der Waals surface area contributed by atoms with Crippen LogP contribution in [0.3, 0.4) is 0 Å². The number of methoxy groups -OCH3 is 1. The highest BCUT2D eigenvalue weighted by Crippen LogP contribution is 2.34. The lowest BCUT2D eigenvalue weighted by Crippen LogP contribution is -2.45. The smallest absolute Gasteiger partial charge is 0.255 e. The van der Waals surface area contributed by atoms with Gasteiger partial charge < -0.3 is 9.64 Å². The Balaban J connectivity index is 1.84. The highest BCUT2D eigenvalue weighted by atomic mass is 16.5. The Hall–Kier alpha value is -3.59. The number of nitrogens with zero attached hydrogens (tertiary/aromatic N) is 1. The van der Waals surface area contributed by atoms with Crippen LogP contribution in [0.4, 0.5) is 0 Å². The van der Waals surface area contributed by atoms with Gasteiger partial charge in [-0.15, -0.1) is 0 Å². The van der Waals surface area contributed by atoms with Crippen molar-refractivity contribution >= 4 is 16.7 Å². The molecule has 0 atom stereocenters. The number of rotatable bonds is 6. The summed E-state index contributed by atoms with van der Waals surface area (Å²) in [5.74, 6) is 0.764. The van der Waals surface area contributed by atoms with Crippen LogP contribution in [0.15, 0.2) is 97.1 Å². The molecule has 0 fully saturated rings. The minimum absolute atomic E-state index is 0.00319. The number of carbonyl (C=O) groups excluding carboxylic acids is 1. The Kier molecular flexibility index (Phi) is 5.77. The van der Waals surface area contributed by atoms with Crippen LogP contribution in [0.1, 0.15) is 35.3 Å². The summed E-state index contributed by atoms with van der Waals surface area (Å²) in [7, 11) is 1.66. The van der Waals surface area contributed by atoms with Crippen molar-refractivity contribution < 1.29 is 9.53 Å². The third kappa shape index (κ3) is 4.04. The van der Waals surface area contributed by atoms with Crippen LogP contribution < -0.4 is 4.74 Å². The van der Waals surface area contributed by atoms with E-state index in [9.17, 15) is 4.79 Å². The Labute approximate surface area is 183 Å². The number of hydrogen-bond donors (Lipinski definition) is 0. The maximum Gasteiger partial charge on any atom is 0.255 e. The molecule has 4 aromatic carbocycles. The van der Waals surface area contributed by atoms with E-state index >= 15 is 0 Å². The molecule has 0 saturated carbocycles. The molecule has 3 nitrogen and oxygen atoms in total. The first-order valence-electron chi connectivity index (χ1n) is 10.5. The molecule has 156 valence electrons. The Morgan fingerprint density at radius 3 is 2.00 bits per heavy atom. The number of hydrogen-bond acceptors (Lipinski definition) is 2. The second-order valence-corrected chi connectivity index (χ2v) is 8.16. The van der Waals surface area contributed by atoms with Crippen molar-refractivity contribution in [2.75, 3.05) is 7.11 Å². The predicted octanol–water partition coefficient (Wildman–Crippen LogP) is 6.43. The van der Waals surface area contributed by atoms with Crippen LogP contribution in [0, 0.1) is 0 Å². The minimum atomic E-state index is -0.505. The van der Waals surface area contributed by atoms with Crippen molar-refractivity contribution in [3.8, 4) is 5.75 Å². The summed E-state index contributed by atoms with van der Waals surface area (Å²) in [5, 5.41) is 1.84. The first-order chi connectivity index (χ1) is 15.0. The molecular weight excluding hydrogens is 382 g/mol. The van der Waals surface area contributed by atoms with E-state index in [2.05, 4.69) is 38.1 Å². The van der Waals surface area contributed by atoms with Gasteiger partial charge in [-0.05, 0) is 42.5 Å². The van der Waals surface area contributed by atoms with Crippen molar-refractivity contribution in [2.45, 2.75) is 25.9 Å². The van der Waals surface area contributed by atoms with Gasteiger partial charge in [-0.25, -0.2) is 0 Å². The fourth-order valence-corrected chi connectivity index (χ4v) is 4.07. The van der Waals surface area contributed by atoms with Gasteiger partial charge in [-0.2, -0.15) is 0 Å². The lowest BCUT2D eigenvalue weighted by molar-refractivity contribution is 0.0516. The Bertz CT molecular complexity index is 1180. The Morgan fingerprint density at radius 1 is 0.774 bits per heavy atom. The average molecular weight is 410 g/mol.